The van der Waals surface area contributed by atoms with Gasteiger partial charge < -0.3 is 4.43 Å². The predicted molar refractivity (Wildman–Crippen MR) is 116 cm³/mol. The van der Waals surface area contributed by atoms with E-state index in [9.17, 15) is 4.79 Å². The molecule has 27 heavy (non-hydrogen) atoms. The van der Waals surface area contributed by atoms with E-state index in [0.717, 1.165) is 0 Å². The van der Waals surface area contributed by atoms with Crippen LogP contribution in [0.2, 0.25) is 5.04 Å². The van der Waals surface area contributed by atoms with Crippen LogP contribution in [0.3, 0.4) is 0 Å². The van der Waals surface area contributed by atoms with Gasteiger partial charge in [0.25, 0.3) is 8.32 Å². The maximum absolute atomic E-state index is 11.6. The van der Waals surface area contributed by atoms with Crippen molar-refractivity contribution in [3.8, 4) is 0 Å². The van der Waals surface area contributed by atoms with Crippen molar-refractivity contribution in [2.24, 2.45) is 5.92 Å². The fraction of sp³-hybridized carbons (Fsp3) is 0.409. The molecule has 1 fully saturated rings. The lowest BCUT2D eigenvalue weighted by atomic mass is 9.80. The minimum absolute atomic E-state index is 0.0356. The van der Waals surface area contributed by atoms with E-state index in [1.165, 1.54) is 10.4 Å². The van der Waals surface area contributed by atoms with Crippen LogP contribution in [0.5, 0.6) is 0 Å². The summed E-state index contributed by atoms with van der Waals surface area (Å²) in [4.78, 5) is 11.6. The smallest absolute Gasteiger partial charge is 0.261 e. The Bertz CT molecular complexity index is 745. The van der Waals surface area contributed by atoms with Crippen LogP contribution < -0.4 is 10.4 Å². The maximum Gasteiger partial charge on any atom is 0.261 e. The van der Waals surface area contributed by atoms with Crippen molar-refractivity contribution in [2.45, 2.75) is 43.0 Å². The zero-order chi connectivity index (χ0) is 19.7. The van der Waals surface area contributed by atoms with Crippen LogP contribution in [0.25, 0.3) is 0 Å². The highest BCUT2D eigenvalue weighted by Crippen LogP contribution is 2.46. The first-order chi connectivity index (χ1) is 12.7. The molecule has 1 aliphatic carbocycles. The molecule has 0 saturated heterocycles. The van der Waals surface area contributed by atoms with Gasteiger partial charge in [0.1, 0.15) is 0 Å². The summed E-state index contributed by atoms with van der Waals surface area (Å²) in [6, 6.07) is 21.0. The second-order valence-electron chi connectivity index (χ2n) is 8.25. The molecule has 2 aromatic rings. The molecular weight excluding hydrogens is 395 g/mol. The third-order valence-electron chi connectivity index (χ3n) is 5.52. The number of Topliss-reactive ketones (excluding diaryl/α,β-unsaturated/α-hetero) is 1. The number of rotatable bonds is 6. The van der Waals surface area contributed by atoms with Gasteiger partial charge in [-0.05, 0) is 21.8 Å². The van der Waals surface area contributed by atoms with Crippen LogP contribution in [0.1, 0.15) is 33.6 Å². The molecule has 2 nitrogen and oxygen atoms in total. The van der Waals surface area contributed by atoms with Gasteiger partial charge in [0, 0.05) is 18.9 Å². The van der Waals surface area contributed by atoms with Crippen molar-refractivity contribution in [1.29, 1.82) is 0 Å². The Morgan fingerprint density at radius 2 is 1.48 bits per heavy atom. The van der Waals surface area contributed by atoms with Crippen LogP contribution in [-0.2, 0) is 9.22 Å². The van der Waals surface area contributed by atoms with Gasteiger partial charge in [-0.2, -0.15) is 0 Å². The highest BCUT2D eigenvalue weighted by atomic mass is 35.5. The summed E-state index contributed by atoms with van der Waals surface area (Å²) >= 11 is 12.3. The van der Waals surface area contributed by atoms with E-state index in [0.29, 0.717) is 19.4 Å². The van der Waals surface area contributed by atoms with E-state index in [1.54, 1.807) is 0 Å². The van der Waals surface area contributed by atoms with Gasteiger partial charge in [-0.3, -0.25) is 4.79 Å². The molecule has 0 unspecified atom stereocenters. The first-order valence-corrected chi connectivity index (χ1v) is 12.0. The van der Waals surface area contributed by atoms with Gasteiger partial charge in [-0.1, -0.05) is 105 Å². The maximum atomic E-state index is 11.6. The Morgan fingerprint density at radius 1 is 1.00 bits per heavy atom. The summed E-state index contributed by atoms with van der Waals surface area (Å²) in [5.74, 6) is -0.118. The first-order valence-electron chi connectivity index (χ1n) is 9.35. The van der Waals surface area contributed by atoms with Crippen LogP contribution in [0.15, 0.2) is 60.7 Å². The Kier molecular flexibility index (Phi) is 5.88. The molecule has 144 valence electrons. The van der Waals surface area contributed by atoms with E-state index >= 15 is 0 Å². The predicted octanol–water partition coefficient (Wildman–Crippen LogP) is 4.72. The number of alkyl halides is 2. The average molecular weight is 421 g/mol. The summed E-state index contributed by atoms with van der Waals surface area (Å²) in [5, 5.41) is 2.43. The molecule has 0 amide bonds. The van der Waals surface area contributed by atoms with Crippen molar-refractivity contribution in [3.63, 3.8) is 0 Å². The summed E-state index contributed by atoms with van der Waals surface area (Å²) < 4.78 is 5.57. The first kappa shape index (κ1) is 20.6. The Labute approximate surface area is 173 Å². The molecular formula is C22H26Cl2O2Si. The molecule has 2 aromatic carbocycles. The lowest BCUT2D eigenvalue weighted by Crippen LogP contribution is -2.66. The average Bonchev–Trinajstić information content (AvgIpc) is 2.65. The van der Waals surface area contributed by atoms with E-state index in [-0.39, 0.29) is 16.7 Å². The zero-order valence-corrected chi connectivity index (χ0v) is 18.6. The van der Waals surface area contributed by atoms with Crippen molar-refractivity contribution in [1.82, 2.24) is 0 Å². The van der Waals surface area contributed by atoms with Crippen LogP contribution >= 0.6 is 23.2 Å². The van der Waals surface area contributed by atoms with Crippen molar-refractivity contribution in [3.05, 3.63) is 60.7 Å². The fourth-order valence-electron chi connectivity index (χ4n) is 3.98. The molecule has 0 radical (unpaired) electrons. The Morgan fingerprint density at radius 3 is 1.85 bits per heavy atom. The zero-order valence-electron chi connectivity index (χ0n) is 16.0. The molecule has 1 atom stereocenters. The molecule has 0 bridgehead atoms. The minimum Gasteiger partial charge on any atom is -0.407 e. The lowest BCUT2D eigenvalue weighted by Gasteiger charge is -2.44. The topological polar surface area (TPSA) is 26.3 Å². The molecule has 0 aliphatic heterocycles. The highest BCUT2D eigenvalue weighted by Gasteiger charge is 2.53. The summed E-state index contributed by atoms with van der Waals surface area (Å²) in [6.45, 7) is 7.28. The molecule has 0 N–H and O–H groups in total. The Balaban J connectivity index is 1.94. The molecule has 5 heteroatoms. The third-order valence-corrected chi connectivity index (χ3v) is 11.6. The van der Waals surface area contributed by atoms with Crippen molar-refractivity contribution in [2.75, 3.05) is 6.61 Å². The third kappa shape index (κ3) is 3.75. The summed E-state index contributed by atoms with van der Waals surface area (Å²) in [7, 11) is -2.54. The van der Waals surface area contributed by atoms with E-state index < -0.39 is 12.7 Å². The van der Waals surface area contributed by atoms with Gasteiger partial charge in [-0.15, -0.1) is 0 Å². The van der Waals surface area contributed by atoms with Gasteiger partial charge in [-0.25, -0.2) is 0 Å². The quantitative estimate of drug-likeness (QED) is 0.499. The van der Waals surface area contributed by atoms with Gasteiger partial charge in [0.15, 0.2) is 10.1 Å². The standard InChI is InChI=1S/C22H26Cl2O2Si/c1-21(2,3)27(18-10-6-4-7-11-18,19-12-8-5-9-13-19)26-15-14-17-16-20(25)22(17,23)24/h4-13,17H,14-16H2,1-3H3/t17-/m0/s1. The molecule has 3 rings (SSSR count). The van der Waals surface area contributed by atoms with Crippen molar-refractivity contribution < 1.29 is 9.22 Å². The van der Waals surface area contributed by atoms with Crippen molar-refractivity contribution >= 4 is 47.7 Å². The van der Waals surface area contributed by atoms with E-state index in [4.69, 9.17) is 27.6 Å². The molecule has 1 aliphatic rings. The van der Waals surface area contributed by atoms with Crippen LogP contribution in [-0.4, -0.2) is 25.0 Å². The van der Waals surface area contributed by atoms with Gasteiger partial charge in [0.05, 0.1) is 0 Å². The normalized spacial score (nSPS) is 19.6. The van der Waals surface area contributed by atoms with Crippen LogP contribution in [0.4, 0.5) is 0 Å². The molecule has 0 spiro atoms. The SMILES string of the molecule is CC(C)(C)[Si](OCC[C@H]1CC(=O)C1(Cl)Cl)(c1ccccc1)c1ccccc1. The number of halogens is 2. The number of carbonyl (C=O) groups is 1. The molecule has 0 aromatic heterocycles. The van der Waals surface area contributed by atoms with Gasteiger partial charge in [0.2, 0.25) is 0 Å². The monoisotopic (exact) mass is 420 g/mol. The summed E-state index contributed by atoms with van der Waals surface area (Å²) in [5.41, 5.74) is 0. The number of ketones is 1. The number of benzene rings is 2. The molecule has 0 heterocycles. The fourth-order valence-corrected chi connectivity index (χ4v) is 9.09. The minimum atomic E-state index is -2.54. The van der Waals surface area contributed by atoms with Gasteiger partial charge >= 0.3 is 0 Å². The lowest BCUT2D eigenvalue weighted by molar-refractivity contribution is -0.128. The second-order valence-corrected chi connectivity index (χ2v) is 13.9. The number of hydrogen-bond acceptors (Lipinski definition) is 2. The highest BCUT2D eigenvalue weighted by molar-refractivity contribution is 6.99. The van der Waals surface area contributed by atoms with E-state index in [2.05, 4.69) is 69.3 Å². The Hall–Kier alpha value is -1.13. The largest absolute Gasteiger partial charge is 0.407 e. The summed E-state index contributed by atoms with van der Waals surface area (Å²) in [6.07, 6.45) is 1.13. The number of hydrogen-bond donors (Lipinski definition) is 0. The number of carbonyl (C=O) groups excluding carboxylic acids is 1. The van der Waals surface area contributed by atoms with E-state index in [1.807, 2.05) is 12.1 Å². The second kappa shape index (κ2) is 7.71. The van der Waals surface area contributed by atoms with Crippen LogP contribution in [0, 0.1) is 5.92 Å². The molecule has 1 saturated carbocycles.